The fourth-order valence-corrected chi connectivity index (χ4v) is 5.13. The van der Waals surface area contributed by atoms with Crippen molar-refractivity contribution < 1.29 is 23.4 Å². The maximum absolute atomic E-state index is 14.6. The Morgan fingerprint density at radius 3 is 2.71 bits per heavy atom. The molecule has 0 saturated carbocycles. The molecule has 6 nitrogen and oxygen atoms in total. The number of carbonyl (C=O) groups is 1. The van der Waals surface area contributed by atoms with Crippen LogP contribution in [0.1, 0.15) is 41.6 Å². The molecule has 7 heteroatoms. The first-order valence-corrected chi connectivity index (χ1v) is 12.2. The van der Waals surface area contributed by atoms with Gasteiger partial charge in [-0.2, -0.15) is 0 Å². The van der Waals surface area contributed by atoms with E-state index < -0.39 is 0 Å². The highest BCUT2D eigenvalue weighted by Crippen LogP contribution is 2.29. The van der Waals surface area contributed by atoms with Crippen LogP contribution in [-0.2, 0) is 11.3 Å². The van der Waals surface area contributed by atoms with Crippen LogP contribution in [0.3, 0.4) is 0 Å². The summed E-state index contributed by atoms with van der Waals surface area (Å²) in [6, 6.07) is 12.4. The number of halogens is 1. The van der Waals surface area contributed by atoms with Crippen molar-refractivity contribution in [2.24, 2.45) is 5.92 Å². The van der Waals surface area contributed by atoms with E-state index in [1.165, 1.54) is 6.07 Å². The molecule has 1 amide bonds. The fourth-order valence-electron chi connectivity index (χ4n) is 5.13. The van der Waals surface area contributed by atoms with Crippen LogP contribution in [0.4, 0.5) is 4.39 Å². The summed E-state index contributed by atoms with van der Waals surface area (Å²) < 4.78 is 31.9. The van der Waals surface area contributed by atoms with Crippen molar-refractivity contribution in [1.29, 1.82) is 0 Å². The van der Waals surface area contributed by atoms with Crippen molar-refractivity contribution in [3.05, 3.63) is 59.4 Å². The summed E-state index contributed by atoms with van der Waals surface area (Å²) in [6.45, 7) is 3.69. The van der Waals surface area contributed by atoms with Crippen LogP contribution < -0.4 is 9.47 Å². The third kappa shape index (κ3) is 5.70. The molecule has 0 N–H and O–H groups in total. The fraction of sp³-hybridized carbons (Fsp3) is 0.519. The van der Waals surface area contributed by atoms with Gasteiger partial charge in [0.15, 0.2) is 0 Å². The third-order valence-electron chi connectivity index (χ3n) is 7.01. The largest absolute Gasteiger partial charge is 0.496 e. The van der Waals surface area contributed by atoms with E-state index in [2.05, 4.69) is 4.90 Å². The molecule has 2 aliphatic heterocycles. The number of nitrogens with zero attached hydrogens (tertiary/aromatic N) is 2. The number of amides is 1. The van der Waals surface area contributed by atoms with Crippen LogP contribution in [0.15, 0.2) is 42.5 Å². The minimum atomic E-state index is -0.263. The van der Waals surface area contributed by atoms with Crippen LogP contribution in [0.2, 0.25) is 0 Å². The number of carbonyl (C=O) groups excluding carboxylic acids is 1. The average molecular weight is 471 g/mol. The highest BCUT2D eigenvalue weighted by atomic mass is 19.1. The van der Waals surface area contributed by atoms with Crippen molar-refractivity contribution in [2.75, 3.05) is 47.0 Å². The van der Waals surface area contributed by atoms with Crippen molar-refractivity contribution >= 4 is 5.91 Å². The summed E-state index contributed by atoms with van der Waals surface area (Å²) in [6.07, 6.45) is 4.01. The number of hydrogen-bond donors (Lipinski definition) is 0. The van der Waals surface area contributed by atoms with Crippen LogP contribution in [0.25, 0.3) is 0 Å². The monoisotopic (exact) mass is 470 g/mol. The summed E-state index contributed by atoms with van der Waals surface area (Å²) >= 11 is 0. The molecule has 2 aliphatic rings. The number of methoxy groups -OCH3 is 2. The second kappa shape index (κ2) is 11.7. The smallest absolute Gasteiger partial charge is 0.257 e. The first-order chi connectivity index (χ1) is 16.6. The molecule has 34 heavy (non-hydrogen) atoms. The third-order valence-corrected chi connectivity index (χ3v) is 7.01. The summed E-state index contributed by atoms with van der Waals surface area (Å²) in [5.41, 5.74) is 1.15. The number of benzene rings is 2. The van der Waals surface area contributed by atoms with E-state index in [4.69, 9.17) is 14.2 Å². The lowest BCUT2D eigenvalue weighted by Gasteiger charge is -2.38. The second-order valence-corrected chi connectivity index (χ2v) is 9.11. The molecule has 0 aromatic heterocycles. The van der Waals surface area contributed by atoms with Crippen molar-refractivity contribution in [3.63, 3.8) is 0 Å². The Morgan fingerprint density at radius 2 is 1.88 bits per heavy atom. The second-order valence-electron chi connectivity index (χ2n) is 9.11. The molecular formula is C27H35FN2O4. The van der Waals surface area contributed by atoms with E-state index in [-0.39, 0.29) is 17.8 Å². The van der Waals surface area contributed by atoms with E-state index in [1.807, 2.05) is 29.2 Å². The molecule has 2 aromatic carbocycles. The van der Waals surface area contributed by atoms with Gasteiger partial charge in [0.05, 0.1) is 18.8 Å². The van der Waals surface area contributed by atoms with E-state index in [9.17, 15) is 9.18 Å². The topological polar surface area (TPSA) is 51.2 Å². The molecule has 2 atom stereocenters. The molecule has 1 saturated heterocycles. The molecule has 2 heterocycles. The lowest BCUT2D eigenvalue weighted by atomic mass is 9.89. The summed E-state index contributed by atoms with van der Waals surface area (Å²) in [4.78, 5) is 17.5. The van der Waals surface area contributed by atoms with Gasteiger partial charge in [-0.1, -0.05) is 24.6 Å². The van der Waals surface area contributed by atoms with Gasteiger partial charge in [-0.3, -0.25) is 9.69 Å². The van der Waals surface area contributed by atoms with Crippen molar-refractivity contribution in [1.82, 2.24) is 9.80 Å². The predicted molar refractivity (Wildman–Crippen MR) is 129 cm³/mol. The minimum absolute atomic E-state index is 0.0140. The Morgan fingerprint density at radius 1 is 1.03 bits per heavy atom. The van der Waals surface area contributed by atoms with Gasteiger partial charge in [0.25, 0.3) is 5.91 Å². The Bertz CT molecular complexity index is 969. The zero-order valence-corrected chi connectivity index (χ0v) is 20.2. The average Bonchev–Trinajstić information content (AvgIpc) is 2.86. The van der Waals surface area contributed by atoms with Gasteiger partial charge >= 0.3 is 0 Å². The number of piperidine rings is 1. The van der Waals surface area contributed by atoms with E-state index in [0.717, 1.165) is 32.2 Å². The predicted octanol–water partition coefficient (Wildman–Crippen LogP) is 4.38. The minimum Gasteiger partial charge on any atom is -0.496 e. The standard InChI is InChI=1S/C27H35FN2O4/c1-32-24-13-15-30-18-20(24)8-5-6-14-29(19-22-23(28)10-7-12-25(22)33-2)16-17-34-26-11-4-3-9-21(26)27(30)31/h3-4,7,9-12,20,24H,5-6,8,13-19H2,1-2H3/t20-,24+/m0/s1. The number of rotatable bonds is 4. The van der Waals surface area contributed by atoms with Gasteiger partial charge in [-0.25, -0.2) is 4.39 Å². The SMILES string of the molecule is COc1cccc(F)c1CN1CCCC[C@H]2CN(CC[C@H]2OC)C(=O)c2ccccc2OCC1. The van der Waals surface area contributed by atoms with E-state index in [0.29, 0.717) is 61.3 Å². The highest BCUT2D eigenvalue weighted by Gasteiger charge is 2.32. The van der Waals surface area contributed by atoms with E-state index in [1.54, 1.807) is 26.4 Å². The molecule has 1 fully saturated rings. The molecule has 0 unspecified atom stereocenters. The van der Waals surface area contributed by atoms with Gasteiger partial charge in [0.2, 0.25) is 0 Å². The molecule has 184 valence electrons. The van der Waals surface area contributed by atoms with Crippen LogP contribution in [0, 0.1) is 11.7 Å². The Balaban J connectivity index is 1.55. The molecule has 0 radical (unpaired) electrons. The summed E-state index contributed by atoms with van der Waals surface area (Å²) in [5, 5.41) is 0. The van der Waals surface area contributed by atoms with Crippen molar-refractivity contribution in [2.45, 2.75) is 38.3 Å². The van der Waals surface area contributed by atoms with Crippen LogP contribution in [0.5, 0.6) is 11.5 Å². The van der Waals surface area contributed by atoms with Crippen LogP contribution >= 0.6 is 0 Å². The molecule has 0 spiro atoms. The van der Waals surface area contributed by atoms with Gasteiger partial charge in [0, 0.05) is 44.8 Å². The van der Waals surface area contributed by atoms with Gasteiger partial charge in [-0.15, -0.1) is 0 Å². The van der Waals surface area contributed by atoms with Crippen LogP contribution in [-0.4, -0.2) is 68.8 Å². The Labute approximate surface area is 201 Å². The van der Waals surface area contributed by atoms with Gasteiger partial charge in [-0.05, 0) is 50.1 Å². The van der Waals surface area contributed by atoms with Crippen molar-refractivity contribution in [3.8, 4) is 11.5 Å². The maximum atomic E-state index is 14.6. The molecule has 2 aromatic rings. The van der Waals surface area contributed by atoms with Gasteiger partial charge in [0.1, 0.15) is 23.9 Å². The zero-order chi connectivity index (χ0) is 23.9. The Hall–Kier alpha value is -2.64. The lowest BCUT2D eigenvalue weighted by Crippen LogP contribution is -2.46. The molecule has 2 bridgehead atoms. The molecular weight excluding hydrogens is 435 g/mol. The summed E-state index contributed by atoms with van der Waals surface area (Å²) in [5.74, 6) is 1.21. The number of para-hydroxylation sites is 1. The van der Waals surface area contributed by atoms with E-state index >= 15 is 0 Å². The molecule has 0 aliphatic carbocycles. The Kier molecular flexibility index (Phi) is 8.40. The number of fused-ring (bicyclic) bond motifs is 3. The van der Waals surface area contributed by atoms with Gasteiger partial charge < -0.3 is 19.1 Å². The highest BCUT2D eigenvalue weighted by molar-refractivity contribution is 5.97. The molecule has 4 rings (SSSR count). The quantitative estimate of drug-likeness (QED) is 0.664. The summed E-state index contributed by atoms with van der Waals surface area (Å²) in [7, 11) is 3.33. The first kappa shape index (κ1) is 24.5. The normalized spacial score (nSPS) is 22.4. The lowest BCUT2D eigenvalue weighted by molar-refractivity contribution is -0.00703. The number of hydrogen-bond acceptors (Lipinski definition) is 5. The number of ether oxygens (including phenoxy) is 3. The zero-order valence-electron chi connectivity index (χ0n) is 20.2. The first-order valence-electron chi connectivity index (χ1n) is 12.2. The maximum Gasteiger partial charge on any atom is 0.257 e.